The minimum atomic E-state index is 0.0640. The highest BCUT2D eigenvalue weighted by Gasteiger charge is 2.23. The number of hydrogen-bond donors (Lipinski definition) is 3. The van der Waals surface area contributed by atoms with Crippen molar-refractivity contribution in [2.45, 2.75) is 64.6 Å². The minimum Gasteiger partial charge on any atom is -0.394 e. The van der Waals surface area contributed by atoms with Crippen molar-refractivity contribution in [3.05, 3.63) is 30.2 Å². The standard InChI is InChI=1S/C24H32N8O2/c1-14(2)32-15(3)26-20-9-8-19(28-23(20)32)18-10-11-31-21(18)22(25)29-24(30-31)27-16-4-6-17(7-5-16)34-13-12-33/h8-11,14,16-17,33H,4-7,12-13H2,1-3H3,(H3,25,27,29,30). The fourth-order valence-electron chi connectivity index (χ4n) is 4.95. The number of aromatic nitrogens is 6. The maximum atomic E-state index is 8.94. The fourth-order valence-corrected chi connectivity index (χ4v) is 4.95. The molecule has 0 atom stereocenters. The third-order valence-electron chi connectivity index (χ3n) is 6.50. The van der Waals surface area contributed by atoms with Gasteiger partial charge in [0, 0.05) is 23.8 Å². The Morgan fingerprint density at radius 3 is 2.68 bits per heavy atom. The lowest BCUT2D eigenvalue weighted by atomic mass is 9.93. The van der Waals surface area contributed by atoms with Crippen molar-refractivity contribution in [2.24, 2.45) is 0 Å². The van der Waals surface area contributed by atoms with Crippen LogP contribution in [0.15, 0.2) is 24.4 Å². The van der Waals surface area contributed by atoms with Gasteiger partial charge in [0.2, 0.25) is 5.95 Å². The first-order chi connectivity index (χ1) is 16.4. The molecule has 10 nitrogen and oxygen atoms in total. The molecule has 0 bridgehead atoms. The molecule has 4 aromatic heterocycles. The highest BCUT2D eigenvalue weighted by Crippen LogP contribution is 2.30. The molecule has 4 N–H and O–H groups in total. The summed E-state index contributed by atoms with van der Waals surface area (Å²) in [5.41, 5.74) is 10.6. The molecular formula is C24H32N8O2. The number of nitrogen functional groups attached to an aromatic ring is 1. The number of aliphatic hydroxyl groups is 1. The van der Waals surface area contributed by atoms with Crippen LogP contribution < -0.4 is 11.1 Å². The Balaban J connectivity index is 1.40. The molecule has 10 heteroatoms. The van der Waals surface area contributed by atoms with Crippen LogP contribution in [0.4, 0.5) is 11.8 Å². The van der Waals surface area contributed by atoms with Gasteiger partial charge < -0.3 is 25.5 Å². The summed E-state index contributed by atoms with van der Waals surface area (Å²) in [5, 5.41) is 17.0. The third-order valence-corrected chi connectivity index (χ3v) is 6.50. The normalized spacial score (nSPS) is 18.9. The molecule has 5 rings (SSSR count). The molecule has 0 radical (unpaired) electrons. The largest absolute Gasteiger partial charge is 0.394 e. The molecule has 180 valence electrons. The lowest BCUT2D eigenvalue weighted by molar-refractivity contribution is 0.00719. The molecule has 0 aliphatic heterocycles. The van der Waals surface area contributed by atoms with E-state index in [4.69, 9.17) is 20.6 Å². The first kappa shape index (κ1) is 22.5. The summed E-state index contributed by atoms with van der Waals surface area (Å²) < 4.78 is 9.57. The number of aliphatic hydroxyl groups excluding tert-OH is 1. The van der Waals surface area contributed by atoms with Gasteiger partial charge in [-0.1, -0.05) is 0 Å². The molecule has 0 spiro atoms. The van der Waals surface area contributed by atoms with E-state index in [9.17, 15) is 0 Å². The van der Waals surface area contributed by atoms with Crippen LogP contribution in [0.25, 0.3) is 27.9 Å². The topological polar surface area (TPSA) is 128 Å². The molecule has 0 aromatic carbocycles. The lowest BCUT2D eigenvalue weighted by Gasteiger charge is -2.29. The fraction of sp³-hybridized carbons (Fsp3) is 0.500. The van der Waals surface area contributed by atoms with Gasteiger partial charge in [0.1, 0.15) is 16.9 Å². The molecule has 34 heavy (non-hydrogen) atoms. The highest BCUT2D eigenvalue weighted by molar-refractivity contribution is 5.88. The summed E-state index contributed by atoms with van der Waals surface area (Å²) in [7, 11) is 0. The van der Waals surface area contributed by atoms with Crippen molar-refractivity contribution in [3.8, 4) is 11.3 Å². The first-order valence-electron chi connectivity index (χ1n) is 11.9. The molecule has 4 aromatic rings. The van der Waals surface area contributed by atoms with Crippen molar-refractivity contribution in [1.82, 2.24) is 29.1 Å². The van der Waals surface area contributed by atoms with E-state index >= 15 is 0 Å². The molecule has 0 saturated heterocycles. The Hall–Kier alpha value is -3.24. The summed E-state index contributed by atoms with van der Waals surface area (Å²) in [6, 6.07) is 6.48. The number of nitrogens with one attached hydrogen (secondary N) is 1. The van der Waals surface area contributed by atoms with E-state index in [1.807, 2.05) is 31.3 Å². The summed E-state index contributed by atoms with van der Waals surface area (Å²) >= 11 is 0. The lowest BCUT2D eigenvalue weighted by Crippen LogP contribution is -2.31. The van der Waals surface area contributed by atoms with E-state index in [1.165, 1.54) is 0 Å². The smallest absolute Gasteiger partial charge is 0.243 e. The van der Waals surface area contributed by atoms with Gasteiger partial charge in [0.15, 0.2) is 11.5 Å². The van der Waals surface area contributed by atoms with Gasteiger partial charge in [0.25, 0.3) is 0 Å². The summed E-state index contributed by atoms with van der Waals surface area (Å²) in [6.07, 6.45) is 5.92. The van der Waals surface area contributed by atoms with E-state index in [1.54, 1.807) is 4.52 Å². The summed E-state index contributed by atoms with van der Waals surface area (Å²) in [4.78, 5) is 14.1. The number of imidazole rings is 1. The van der Waals surface area contributed by atoms with Crippen LogP contribution in [0, 0.1) is 6.92 Å². The van der Waals surface area contributed by atoms with Gasteiger partial charge in [0.05, 0.1) is 25.0 Å². The Morgan fingerprint density at radius 1 is 1.15 bits per heavy atom. The molecule has 1 saturated carbocycles. The van der Waals surface area contributed by atoms with Crippen molar-refractivity contribution in [3.63, 3.8) is 0 Å². The van der Waals surface area contributed by atoms with Crippen LogP contribution in [0.1, 0.15) is 51.4 Å². The van der Waals surface area contributed by atoms with Gasteiger partial charge in [-0.2, -0.15) is 4.98 Å². The predicted octanol–water partition coefficient (Wildman–Crippen LogP) is 3.34. The molecular weight excluding hydrogens is 432 g/mol. The van der Waals surface area contributed by atoms with Gasteiger partial charge >= 0.3 is 0 Å². The van der Waals surface area contributed by atoms with E-state index < -0.39 is 0 Å². The zero-order valence-corrected chi connectivity index (χ0v) is 19.9. The Bertz CT molecular complexity index is 1300. The van der Waals surface area contributed by atoms with Crippen molar-refractivity contribution < 1.29 is 9.84 Å². The molecule has 0 amide bonds. The number of hydrogen-bond acceptors (Lipinski definition) is 8. The van der Waals surface area contributed by atoms with Crippen molar-refractivity contribution in [1.29, 1.82) is 0 Å². The number of fused-ring (bicyclic) bond motifs is 2. The minimum absolute atomic E-state index is 0.0640. The van der Waals surface area contributed by atoms with E-state index in [2.05, 4.69) is 38.8 Å². The summed E-state index contributed by atoms with van der Waals surface area (Å²) in [6.45, 7) is 6.73. The highest BCUT2D eigenvalue weighted by atomic mass is 16.5. The van der Waals surface area contributed by atoms with Gasteiger partial charge in [-0.05, 0) is 64.7 Å². The molecule has 1 aliphatic carbocycles. The van der Waals surface area contributed by atoms with Gasteiger partial charge in [-0.15, -0.1) is 5.10 Å². The SMILES string of the molecule is Cc1nc2ccc(-c3ccn4nc(NC5CCC(OCCO)CC5)nc(N)c34)nc2n1C(C)C. The van der Waals surface area contributed by atoms with Crippen LogP contribution in [0.5, 0.6) is 0 Å². The Morgan fingerprint density at radius 2 is 1.94 bits per heavy atom. The van der Waals surface area contributed by atoms with E-state index in [0.717, 1.165) is 59.4 Å². The monoisotopic (exact) mass is 464 g/mol. The van der Waals surface area contributed by atoms with Gasteiger partial charge in [-0.3, -0.25) is 0 Å². The maximum absolute atomic E-state index is 8.94. The summed E-state index contributed by atoms with van der Waals surface area (Å²) in [5.74, 6) is 1.88. The molecule has 1 fully saturated rings. The molecule has 1 aliphatic rings. The van der Waals surface area contributed by atoms with E-state index in [-0.39, 0.29) is 24.8 Å². The number of anilines is 2. The Kier molecular flexibility index (Phi) is 6.09. The van der Waals surface area contributed by atoms with Crippen LogP contribution in [0.2, 0.25) is 0 Å². The second kappa shape index (κ2) is 9.19. The second-order valence-electron chi connectivity index (χ2n) is 9.22. The molecule has 4 heterocycles. The van der Waals surface area contributed by atoms with Crippen LogP contribution in [0.3, 0.4) is 0 Å². The zero-order chi connectivity index (χ0) is 23.8. The third kappa shape index (κ3) is 4.19. The van der Waals surface area contributed by atoms with Gasteiger partial charge in [-0.25, -0.2) is 14.5 Å². The number of nitrogens with two attached hydrogens (primary N) is 1. The average Bonchev–Trinajstić information content (AvgIpc) is 3.38. The van der Waals surface area contributed by atoms with Crippen molar-refractivity contribution in [2.75, 3.05) is 24.3 Å². The van der Waals surface area contributed by atoms with E-state index in [0.29, 0.717) is 18.4 Å². The average molecular weight is 465 g/mol. The maximum Gasteiger partial charge on any atom is 0.243 e. The number of nitrogens with zero attached hydrogens (tertiary/aromatic N) is 6. The number of aryl methyl sites for hydroxylation is 1. The second-order valence-corrected chi connectivity index (χ2v) is 9.22. The number of rotatable bonds is 7. The number of pyridine rings is 1. The van der Waals surface area contributed by atoms with Crippen molar-refractivity contribution >= 4 is 28.4 Å². The van der Waals surface area contributed by atoms with Crippen LogP contribution in [-0.4, -0.2) is 59.6 Å². The van der Waals surface area contributed by atoms with Crippen LogP contribution in [-0.2, 0) is 4.74 Å². The number of ether oxygens (including phenoxy) is 1. The Labute approximate surface area is 198 Å². The predicted molar refractivity (Wildman–Crippen MR) is 132 cm³/mol. The molecule has 0 unspecified atom stereocenters. The first-order valence-corrected chi connectivity index (χ1v) is 11.9. The van der Waals surface area contributed by atoms with Crippen LogP contribution >= 0.6 is 0 Å². The quantitative estimate of drug-likeness (QED) is 0.380. The zero-order valence-electron chi connectivity index (χ0n) is 19.9.